The molecule has 0 aliphatic carbocycles. The molecule has 17 heavy (non-hydrogen) atoms. The van der Waals surface area contributed by atoms with Crippen molar-refractivity contribution in [2.45, 2.75) is 0 Å². The van der Waals surface area contributed by atoms with Gasteiger partial charge in [0, 0.05) is 10.6 Å². The lowest BCUT2D eigenvalue weighted by molar-refractivity contribution is 0.112. The highest BCUT2D eigenvalue weighted by atomic mass is 79.9. The van der Waals surface area contributed by atoms with Gasteiger partial charge in [-0.15, -0.1) is 0 Å². The fourth-order valence-corrected chi connectivity index (χ4v) is 1.99. The van der Waals surface area contributed by atoms with Crippen molar-refractivity contribution >= 4 is 33.8 Å². The Morgan fingerprint density at radius 2 is 2.00 bits per heavy atom. The second-order valence-corrected chi connectivity index (χ2v) is 4.66. The van der Waals surface area contributed by atoms with Crippen LogP contribution in [0.25, 0.3) is 0 Å². The molecule has 0 saturated carbocycles. The van der Waals surface area contributed by atoms with Gasteiger partial charge in [-0.25, -0.2) is 0 Å². The molecule has 2 rings (SSSR count). The SMILES string of the molecule is O=Cc1ccc(Oc2cccc(Cl)c2)c(Br)c1. The molecule has 0 spiro atoms. The Labute approximate surface area is 112 Å². The first-order chi connectivity index (χ1) is 8.19. The highest BCUT2D eigenvalue weighted by Gasteiger charge is 2.04. The smallest absolute Gasteiger partial charge is 0.150 e. The minimum Gasteiger partial charge on any atom is -0.456 e. The number of benzene rings is 2. The van der Waals surface area contributed by atoms with Crippen LogP contribution >= 0.6 is 27.5 Å². The van der Waals surface area contributed by atoms with E-state index in [1.807, 2.05) is 12.1 Å². The van der Waals surface area contributed by atoms with Crippen molar-refractivity contribution in [3.63, 3.8) is 0 Å². The van der Waals surface area contributed by atoms with Gasteiger partial charge in [-0.2, -0.15) is 0 Å². The minimum atomic E-state index is 0.593. The van der Waals surface area contributed by atoms with Crippen LogP contribution in [0.4, 0.5) is 0 Å². The van der Waals surface area contributed by atoms with Crippen molar-refractivity contribution in [2.24, 2.45) is 0 Å². The van der Waals surface area contributed by atoms with Crippen molar-refractivity contribution in [1.29, 1.82) is 0 Å². The molecule has 4 heteroatoms. The van der Waals surface area contributed by atoms with E-state index < -0.39 is 0 Å². The maximum atomic E-state index is 10.6. The summed E-state index contributed by atoms with van der Waals surface area (Å²) in [5.74, 6) is 1.29. The Kier molecular flexibility index (Phi) is 3.82. The maximum absolute atomic E-state index is 10.6. The zero-order valence-electron chi connectivity index (χ0n) is 8.69. The Bertz CT molecular complexity index is 555. The van der Waals surface area contributed by atoms with Gasteiger partial charge in [0.25, 0.3) is 0 Å². The average molecular weight is 312 g/mol. The molecule has 2 aromatic rings. The van der Waals surface area contributed by atoms with Crippen LogP contribution in [0.2, 0.25) is 5.02 Å². The predicted octanol–water partition coefficient (Wildman–Crippen LogP) is 4.71. The molecule has 0 unspecified atom stereocenters. The van der Waals surface area contributed by atoms with E-state index in [0.717, 1.165) is 10.8 Å². The molecule has 0 aliphatic heterocycles. The van der Waals surface area contributed by atoms with Crippen LogP contribution in [0.5, 0.6) is 11.5 Å². The molecule has 0 radical (unpaired) electrons. The van der Waals surface area contributed by atoms with Gasteiger partial charge in [0.15, 0.2) is 0 Å². The van der Waals surface area contributed by atoms with Gasteiger partial charge in [-0.1, -0.05) is 17.7 Å². The number of carbonyl (C=O) groups is 1. The van der Waals surface area contributed by atoms with Crippen molar-refractivity contribution in [3.05, 3.63) is 57.5 Å². The fraction of sp³-hybridized carbons (Fsp3) is 0. The molecule has 0 bridgehead atoms. The summed E-state index contributed by atoms with van der Waals surface area (Å²) in [6, 6.07) is 12.2. The summed E-state index contributed by atoms with van der Waals surface area (Å²) in [6.07, 6.45) is 0.786. The summed E-state index contributed by atoms with van der Waals surface area (Å²) >= 11 is 9.21. The fourth-order valence-electron chi connectivity index (χ4n) is 1.33. The molecular weight excluding hydrogens is 303 g/mol. The highest BCUT2D eigenvalue weighted by molar-refractivity contribution is 9.10. The quantitative estimate of drug-likeness (QED) is 0.768. The zero-order chi connectivity index (χ0) is 12.3. The van der Waals surface area contributed by atoms with E-state index in [2.05, 4.69) is 15.9 Å². The van der Waals surface area contributed by atoms with Crippen molar-refractivity contribution in [2.75, 3.05) is 0 Å². The molecule has 0 aliphatic rings. The second kappa shape index (κ2) is 5.34. The zero-order valence-corrected chi connectivity index (χ0v) is 11.0. The lowest BCUT2D eigenvalue weighted by Crippen LogP contribution is -1.87. The van der Waals surface area contributed by atoms with Crippen molar-refractivity contribution in [1.82, 2.24) is 0 Å². The van der Waals surface area contributed by atoms with E-state index in [1.165, 1.54) is 0 Å². The van der Waals surface area contributed by atoms with Crippen LogP contribution in [0.15, 0.2) is 46.9 Å². The highest BCUT2D eigenvalue weighted by Crippen LogP contribution is 2.31. The molecule has 0 atom stereocenters. The lowest BCUT2D eigenvalue weighted by Gasteiger charge is -2.08. The van der Waals surface area contributed by atoms with Gasteiger partial charge in [0.05, 0.1) is 4.47 Å². The molecule has 0 aromatic heterocycles. The summed E-state index contributed by atoms with van der Waals surface area (Å²) < 4.78 is 6.37. The third kappa shape index (κ3) is 3.08. The van der Waals surface area contributed by atoms with Crippen molar-refractivity contribution < 1.29 is 9.53 Å². The third-order valence-corrected chi connectivity index (χ3v) is 2.97. The first-order valence-electron chi connectivity index (χ1n) is 4.87. The van der Waals surface area contributed by atoms with E-state index in [4.69, 9.17) is 16.3 Å². The molecule has 0 saturated heterocycles. The number of carbonyl (C=O) groups excluding carboxylic acids is 1. The number of aldehydes is 1. The molecule has 0 amide bonds. The number of rotatable bonds is 3. The van der Waals surface area contributed by atoms with Crippen LogP contribution in [0.1, 0.15) is 10.4 Å². The maximum Gasteiger partial charge on any atom is 0.150 e. The molecule has 86 valence electrons. The Hall–Kier alpha value is -1.32. The van der Waals surface area contributed by atoms with Crippen LogP contribution in [0.3, 0.4) is 0 Å². The van der Waals surface area contributed by atoms with Crippen LogP contribution < -0.4 is 4.74 Å². The van der Waals surface area contributed by atoms with Gasteiger partial charge >= 0.3 is 0 Å². The summed E-state index contributed by atoms with van der Waals surface area (Å²) in [6.45, 7) is 0. The van der Waals surface area contributed by atoms with Crippen LogP contribution in [0, 0.1) is 0 Å². The first kappa shape index (κ1) is 12.1. The van der Waals surface area contributed by atoms with Gasteiger partial charge < -0.3 is 4.74 Å². The summed E-state index contributed by atoms with van der Waals surface area (Å²) in [4.78, 5) is 10.6. The third-order valence-electron chi connectivity index (χ3n) is 2.12. The molecule has 2 aromatic carbocycles. The molecule has 0 heterocycles. The van der Waals surface area contributed by atoms with E-state index in [0.29, 0.717) is 22.1 Å². The van der Waals surface area contributed by atoms with Gasteiger partial charge in [0.2, 0.25) is 0 Å². The number of hydrogen-bond acceptors (Lipinski definition) is 2. The monoisotopic (exact) mass is 310 g/mol. The number of hydrogen-bond donors (Lipinski definition) is 0. The summed E-state index contributed by atoms with van der Waals surface area (Å²) in [7, 11) is 0. The van der Waals surface area contributed by atoms with Crippen LogP contribution in [-0.4, -0.2) is 6.29 Å². The standard InChI is InChI=1S/C13H8BrClO2/c14-12-6-9(8-16)4-5-13(12)17-11-3-1-2-10(15)7-11/h1-8H. The van der Waals surface area contributed by atoms with Gasteiger partial charge in [0.1, 0.15) is 17.8 Å². The van der Waals surface area contributed by atoms with E-state index in [9.17, 15) is 4.79 Å². The summed E-state index contributed by atoms with van der Waals surface area (Å²) in [5, 5.41) is 0.614. The minimum absolute atomic E-state index is 0.593. The van der Waals surface area contributed by atoms with E-state index in [1.54, 1.807) is 30.3 Å². The summed E-state index contributed by atoms with van der Waals surface area (Å²) in [5.41, 5.74) is 0.593. The topological polar surface area (TPSA) is 26.3 Å². The molecule has 2 nitrogen and oxygen atoms in total. The van der Waals surface area contributed by atoms with E-state index in [-0.39, 0.29) is 0 Å². The first-order valence-corrected chi connectivity index (χ1v) is 6.04. The van der Waals surface area contributed by atoms with Crippen molar-refractivity contribution in [3.8, 4) is 11.5 Å². The van der Waals surface area contributed by atoms with Gasteiger partial charge in [-0.3, -0.25) is 4.79 Å². The Morgan fingerprint density at radius 3 is 2.65 bits per heavy atom. The number of halogens is 2. The van der Waals surface area contributed by atoms with Crippen LogP contribution in [-0.2, 0) is 0 Å². The lowest BCUT2D eigenvalue weighted by atomic mass is 10.2. The predicted molar refractivity (Wildman–Crippen MR) is 71.1 cm³/mol. The number of ether oxygens (including phenoxy) is 1. The average Bonchev–Trinajstić information content (AvgIpc) is 2.32. The molecular formula is C13H8BrClO2. The normalized spacial score (nSPS) is 10.0. The Morgan fingerprint density at radius 1 is 1.18 bits per heavy atom. The second-order valence-electron chi connectivity index (χ2n) is 3.37. The van der Waals surface area contributed by atoms with E-state index >= 15 is 0 Å². The van der Waals surface area contributed by atoms with Gasteiger partial charge in [-0.05, 0) is 52.3 Å². The molecule has 0 N–H and O–H groups in total. The molecule has 0 fully saturated rings. The largest absolute Gasteiger partial charge is 0.456 e. The Balaban J connectivity index is 2.27.